The molecule has 1 aromatic rings. The summed E-state index contributed by atoms with van der Waals surface area (Å²) in [4.78, 5) is 15.5. The van der Waals surface area contributed by atoms with E-state index in [1.165, 1.54) is 6.42 Å². The van der Waals surface area contributed by atoms with Crippen LogP contribution in [0.4, 0.5) is 0 Å². The number of pyridine rings is 1. The van der Waals surface area contributed by atoms with Gasteiger partial charge in [0.25, 0.3) is 5.56 Å². The molecule has 0 aliphatic heterocycles. The number of aromatic amines is 1. The highest BCUT2D eigenvalue weighted by atomic mass is 32.2. The molecule has 4 nitrogen and oxygen atoms in total. The van der Waals surface area contributed by atoms with Crippen molar-refractivity contribution >= 4 is 11.8 Å². The van der Waals surface area contributed by atoms with Gasteiger partial charge in [-0.3, -0.25) is 4.79 Å². The average molecular weight is 354 g/mol. The number of hydrogen-bond acceptors (Lipinski definition) is 4. The molecule has 1 aliphatic rings. The van der Waals surface area contributed by atoms with Gasteiger partial charge in [0, 0.05) is 22.8 Å². The minimum absolute atomic E-state index is 0.0537. The quantitative estimate of drug-likeness (QED) is 0.734. The van der Waals surface area contributed by atoms with E-state index in [9.17, 15) is 4.79 Å². The monoisotopic (exact) mass is 353 g/mol. The number of ether oxygens (including phenoxy) is 1. The third kappa shape index (κ3) is 4.79. The second-order valence-corrected chi connectivity index (χ2v) is 8.26. The molecule has 2 N–H and O–H groups in total. The molecule has 0 amide bonds. The van der Waals surface area contributed by atoms with E-state index in [4.69, 9.17) is 9.84 Å². The van der Waals surface area contributed by atoms with Crippen LogP contribution in [-0.4, -0.2) is 28.6 Å². The summed E-state index contributed by atoms with van der Waals surface area (Å²) in [6.45, 7) is 8.75. The third-order valence-corrected chi connectivity index (χ3v) is 5.80. The number of thioether (sulfide) groups is 1. The molecule has 1 heterocycles. The molecule has 1 aliphatic carbocycles. The van der Waals surface area contributed by atoms with Gasteiger partial charge in [-0.1, -0.05) is 20.8 Å². The molecular formula is C19H31NO3S. The van der Waals surface area contributed by atoms with E-state index in [0.717, 1.165) is 41.8 Å². The summed E-state index contributed by atoms with van der Waals surface area (Å²) in [5.41, 5.74) is 2.69. The zero-order valence-corrected chi connectivity index (χ0v) is 16.2. The maximum atomic E-state index is 12.5. The van der Waals surface area contributed by atoms with Gasteiger partial charge in [-0.2, -0.15) is 11.8 Å². The number of H-pyrrole nitrogens is 1. The minimum Gasteiger partial charge on any atom is -0.490 e. The van der Waals surface area contributed by atoms with Gasteiger partial charge in [0.2, 0.25) is 0 Å². The molecule has 2 rings (SSSR count). The van der Waals surface area contributed by atoms with Gasteiger partial charge in [0.1, 0.15) is 5.75 Å². The summed E-state index contributed by atoms with van der Waals surface area (Å²) in [6.07, 6.45) is 4.41. The zero-order chi connectivity index (χ0) is 17.7. The van der Waals surface area contributed by atoms with Crippen molar-refractivity contribution in [2.24, 2.45) is 11.8 Å². The Bertz CT molecular complexity index is 589. The van der Waals surface area contributed by atoms with Crippen LogP contribution in [0, 0.1) is 18.8 Å². The molecular weight excluding hydrogens is 322 g/mol. The van der Waals surface area contributed by atoms with Gasteiger partial charge in [0.15, 0.2) is 0 Å². The van der Waals surface area contributed by atoms with Gasteiger partial charge in [0.05, 0.1) is 18.3 Å². The van der Waals surface area contributed by atoms with Crippen molar-refractivity contribution in [3.05, 3.63) is 27.2 Å². The molecule has 0 radical (unpaired) electrons. The van der Waals surface area contributed by atoms with Crippen molar-refractivity contribution in [3.8, 4) is 5.75 Å². The van der Waals surface area contributed by atoms with E-state index in [1.807, 2.05) is 6.92 Å². The Hall–Kier alpha value is -0.940. The minimum atomic E-state index is -0.0537. The molecule has 2 atom stereocenters. The molecule has 136 valence electrons. The summed E-state index contributed by atoms with van der Waals surface area (Å²) in [7, 11) is 0. The lowest BCUT2D eigenvalue weighted by Gasteiger charge is -2.33. The predicted molar refractivity (Wildman–Crippen MR) is 101 cm³/mol. The molecule has 0 aromatic carbocycles. The van der Waals surface area contributed by atoms with Crippen LogP contribution in [0.3, 0.4) is 0 Å². The van der Waals surface area contributed by atoms with E-state index in [2.05, 4.69) is 25.8 Å². The molecule has 5 heteroatoms. The molecule has 24 heavy (non-hydrogen) atoms. The zero-order valence-electron chi connectivity index (χ0n) is 15.4. The molecule has 1 saturated carbocycles. The van der Waals surface area contributed by atoms with Crippen LogP contribution in [0.5, 0.6) is 5.75 Å². The van der Waals surface area contributed by atoms with Gasteiger partial charge in [-0.05, 0) is 44.4 Å². The summed E-state index contributed by atoms with van der Waals surface area (Å²) >= 11 is 1.57. The molecule has 1 fully saturated rings. The van der Waals surface area contributed by atoms with E-state index >= 15 is 0 Å². The summed E-state index contributed by atoms with van der Waals surface area (Å²) < 4.78 is 6.45. The van der Waals surface area contributed by atoms with Crippen molar-refractivity contribution in [2.45, 2.75) is 65.2 Å². The van der Waals surface area contributed by atoms with Crippen LogP contribution < -0.4 is 10.3 Å². The second kappa shape index (κ2) is 8.95. The first-order chi connectivity index (χ1) is 11.5. The highest BCUT2D eigenvalue weighted by molar-refractivity contribution is 7.98. The standard InChI is InChI=1S/C19H31NO3S/c1-5-16-14(4)20-19(22)17(11-24-7-6-21)18(16)23-15-9-12(2)8-13(3)10-15/h12-13,15,21H,5-11H2,1-4H3,(H,20,22). The van der Waals surface area contributed by atoms with E-state index in [0.29, 0.717) is 23.3 Å². The number of aliphatic hydroxyl groups excluding tert-OH is 1. The number of hydrogen-bond donors (Lipinski definition) is 2. The smallest absolute Gasteiger partial charge is 0.255 e. The number of aromatic nitrogens is 1. The number of aryl methyl sites for hydroxylation is 1. The van der Waals surface area contributed by atoms with Crippen molar-refractivity contribution in [1.82, 2.24) is 4.98 Å². The average Bonchev–Trinajstić information content (AvgIpc) is 2.49. The van der Waals surface area contributed by atoms with Gasteiger partial charge >= 0.3 is 0 Å². The van der Waals surface area contributed by atoms with Crippen molar-refractivity contribution in [1.29, 1.82) is 0 Å². The normalized spacial score (nSPS) is 24.1. The maximum absolute atomic E-state index is 12.5. The third-order valence-electron chi connectivity index (χ3n) is 4.83. The Morgan fingerprint density at radius 1 is 1.21 bits per heavy atom. The Kier molecular flexibility index (Phi) is 7.23. The number of rotatable bonds is 7. The largest absolute Gasteiger partial charge is 0.490 e. The summed E-state index contributed by atoms with van der Waals surface area (Å²) in [6, 6.07) is 0. The van der Waals surface area contributed by atoms with Crippen LogP contribution in [0.1, 0.15) is 56.9 Å². The highest BCUT2D eigenvalue weighted by Crippen LogP contribution is 2.34. The Morgan fingerprint density at radius 2 is 1.88 bits per heavy atom. The van der Waals surface area contributed by atoms with Gasteiger partial charge in [-0.15, -0.1) is 0 Å². The number of aliphatic hydroxyl groups is 1. The van der Waals surface area contributed by atoms with Gasteiger partial charge in [-0.25, -0.2) is 0 Å². The molecule has 1 aromatic heterocycles. The highest BCUT2D eigenvalue weighted by Gasteiger charge is 2.27. The molecule has 0 bridgehead atoms. The summed E-state index contributed by atoms with van der Waals surface area (Å²) in [5, 5.41) is 9.01. The lowest BCUT2D eigenvalue weighted by Crippen LogP contribution is -2.30. The van der Waals surface area contributed by atoms with Crippen LogP contribution in [0.15, 0.2) is 4.79 Å². The van der Waals surface area contributed by atoms with Crippen molar-refractivity contribution < 1.29 is 9.84 Å². The fraction of sp³-hybridized carbons (Fsp3) is 0.737. The lowest BCUT2D eigenvalue weighted by atomic mass is 9.81. The van der Waals surface area contributed by atoms with Gasteiger partial charge < -0.3 is 14.8 Å². The first-order valence-corrected chi connectivity index (χ1v) is 10.2. The van der Waals surface area contributed by atoms with E-state index in [1.54, 1.807) is 11.8 Å². The lowest BCUT2D eigenvalue weighted by molar-refractivity contribution is 0.0991. The fourth-order valence-electron chi connectivity index (χ4n) is 3.85. The Labute approximate surface area is 149 Å². The predicted octanol–water partition coefficient (Wildman–Crippen LogP) is 3.67. The van der Waals surface area contributed by atoms with Crippen LogP contribution in [0.2, 0.25) is 0 Å². The van der Waals surface area contributed by atoms with Crippen LogP contribution in [0.25, 0.3) is 0 Å². The Morgan fingerprint density at radius 3 is 2.46 bits per heavy atom. The second-order valence-electron chi connectivity index (χ2n) is 7.15. The summed E-state index contributed by atoms with van der Waals surface area (Å²) in [5.74, 6) is 3.34. The van der Waals surface area contributed by atoms with Crippen LogP contribution >= 0.6 is 11.8 Å². The van der Waals surface area contributed by atoms with Crippen LogP contribution in [-0.2, 0) is 12.2 Å². The fourth-order valence-corrected chi connectivity index (χ4v) is 4.59. The molecule has 0 saturated heterocycles. The van der Waals surface area contributed by atoms with Crippen molar-refractivity contribution in [2.75, 3.05) is 12.4 Å². The van der Waals surface area contributed by atoms with Crippen molar-refractivity contribution in [3.63, 3.8) is 0 Å². The molecule has 2 unspecified atom stereocenters. The maximum Gasteiger partial charge on any atom is 0.255 e. The first kappa shape index (κ1) is 19.4. The number of nitrogens with one attached hydrogen (secondary N) is 1. The Balaban J connectivity index is 2.32. The topological polar surface area (TPSA) is 62.3 Å². The van der Waals surface area contributed by atoms with E-state index < -0.39 is 0 Å². The SMILES string of the molecule is CCc1c(C)[nH]c(=O)c(CSCCO)c1OC1CC(C)CC(C)C1. The first-order valence-electron chi connectivity index (χ1n) is 9.06. The molecule has 0 spiro atoms. The van der Waals surface area contributed by atoms with E-state index in [-0.39, 0.29) is 18.3 Å².